The molecule has 1 fully saturated rings. The van der Waals surface area contributed by atoms with Crippen molar-refractivity contribution in [2.45, 2.75) is 46.0 Å². The fourth-order valence-corrected chi connectivity index (χ4v) is 3.74. The van der Waals surface area contributed by atoms with Gasteiger partial charge in [-0.1, -0.05) is 42.5 Å². The van der Waals surface area contributed by atoms with Gasteiger partial charge in [0.15, 0.2) is 5.96 Å². The SMILES string of the molecule is CCNC(=NCc1cnn(Cc2ccccc2)c1)NCc1ccc(C)cc1OC1CCOC1.I. The van der Waals surface area contributed by atoms with Gasteiger partial charge in [0.25, 0.3) is 0 Å². The van der Waals surface area contributed by atoms with Crippen molar-refractivity contribution in [2.24, 2.45) is 4.99 Å². The lowest BCUT2D eigenvalue weighted by atomic mass is 10.1. The molecule has 2 aromatic carbocycles. The quantitative estimate of drug-likeness (QED) is 0.227. The zero-order chi connectivity index (χ0) is 22.9. The zero-order valence-electron chi connectivity index (χ0n) is 19.9. The summed E-state index contributed by atoms with van der Waals surface area (Å²) in [5, 5.41) is 11.2. The maximum absolute atomic E-state index is 6.22. The van der Waals surface area contributed by atoms with E-state index in [0.29, 0.717) is 19.7 Å². The third-order valence-corrected chi connectivity index (χ3v) is 5.49. The highest BCUT2D eigenvalue weighted by molar-refractivity contribution is 14.0. The Kier molecular flexibility index (Phi) is 10.2. The highest BCUT2D eigenvalue weighted by atomic mass is 127. The first-order valence-corrected chi connectivity index (χ1v) is 11.6. The topological polar surface area (TPSA) is 72.7 Å². The van der Waals surface area contributed by atoms with Crippen LogP contribution in [0.2, 0.25) is 0 Å². The van der Waals surface area contributed by atoms with E-state index < -0.39 is 0 Å². The van der Waals surface area contributed by atoms with E-state index in [9.17, 15) is 0 Å². The molecule has 8 heteroatoms. The Morgan fingerprint density at radius 2 is 2.03 bits per heavy atom. The van der Waals surface area contributed by atoms with Crippen LogP contribution in [-0.2, 0) is 24.4 Å². The number of rotatable bonds is 9. The maximum atomic E-state index is 6.22. The van der Waals surface area contributed by atoms with Gasteiger partial charge in [0, 0.05) is 36.8 Å². The van der Waals surface area contributed by atoms with Crippen LogP contribution in [0.5, 0.6) is 5.75 Å². The minimum absolute atomic E-state index is 0. The summed E-state index contributed by atoms with van der Waals surface area (Å²) in [4.78, 5) is 4.75. The maximum Gasteiger partial charge on any atom is 0.191 e. The average Bonchev–Trinajstić information content (AvgIpc) is 3.49. The molecule has 4 rings (SSSR count). The van der Waals surface area contributed by atoms with Crippen LogP contribution < -0.4 is 15.4 Å². The smallest absolute Gasteiger partial charge is 0.191 e. The second-order valence-electron chi connectivity index (χ2n) is 8.30. The van der Waals surface area contributed by atoms with Crippen molar-refractivity contribution < 1.29 is 9.47 Å². The van der Waals surface area contributed by atoms with E-state index in [-0.39, 0.29) is 30.1 Å². The van der Waals surface area contributed by atoms with Gasteiger partial charge in [0.1, 0.15) is 11.9 Å². The number of aliphatic imine (C=N–C) groups is 1. The second kappa shape index (κ2) is 13.3. The largest absolute Gasteiger partial charge is 0.488 e. The monoisotopic (exact) mass is 575 g/mol. The summed E-state index contributed by atoms with van der Waals surface area (Å²) in [6.45, 7) is 8.30. The Labute approximate surface area is 219 Å². The number of guanidine groups is 1. The predicted molar refractivity (Wildman–Crippen MR) is 146 cm³/mol. The highest BCUT2D eigenvalue weighted by Gasteiger charge is 2.18. The Balaban J connectivity index is 0.00000324. The van der Waals surface area contributed by atoms with Crippen LogP contribution in [0.25, 0.3) is 0 Å². The van der Waals surface area contributed by atoms with Gasteiger partial charge in [-0.2, -0.15) is 5.10 Å². The summed E-state index contributed by atoms with van der Waals surface area (Å²) in [7, 11) is 0. The summed E-state index contributed by atoms with van der Waals surface area (Å²) >= 11 is 0. The van der Waals surface area contributed by atoms with Crippen molar-refractivity contribution in [3.63, 3.8) is 0 Å². The molecule has 182 valence electrons. The van der Waals surface area contributed by atoms with Crippen LogP contribution in [0, 0.1) is 6.92 Å². The fourth-order valence-electron chi connectivity index (χ4n) is 3.74. The fraction of sp³-hybridized carbons (Fsp3) is 0.385. The standard InChI is InChI=1S/C26H33N5O2.HI/c1-3-27-26(28-14-22-15-30-31(18-22)17-21-7-5-4-6-8-21)29-16-23-10-9-20(2)13-25(23)33-24-11-12-32-19-24;/h4-10,13,15,18,24H,3,11-12,14,16-17,19H2,1-2H3,(H2,27,28,29);1H. The van der Waals surface area contributed by atoms with Crippen LogP contribution in [0.1, 0.15) is 35.6 Å². The molecule has 1 atom stereocenters. The van der Waals surface area contributed by atoms with Crippen molar-refractivity contribution in [3.8, 4) is 5.75 Å². The number of aromatic nitrogens is 2. The number of hydrogen-bond acceptors (Lipinski definition) is 4. The van der Waals surface area contributed by atoms with Crippen molar-refractivity contribution in [2.75, 3.05) is 19.8 Å². The molecule has 0 saturated carbocycles. The summed E-state index contributed by atoms with van der Waals surface area (Å²) < 4.78 is 13.6. The molecule has 1 saturated heterocycles. The molecule has 1 aliphatic heterocycles. The summed E-state index contributed by atoms with van der Waals surface area (Å²) in [5.41, 5.74) is 4.59. The number of hydrogen-bond donors (Lipinski definition) is 2. The molecule has 2 heterocycles. The van der Waals surface area contributed by atoms with E-state index >= 15 is 0 Å². The zero-order valence-corrected chi connectivity index (χ0v) is 22.2. The summed E-state index contributed by atoms with van der Waals surface area (Å²) in [5.74, 6) is 1.68. The van der Waals surface area contributed by atoms with Gasteiger partial charge < -0.3 is 20.1 Å². The molecule has 3 aromatic rings. The molecule has 0 spiro atoms. The number of halogens is 1. The molecule has 0 radical (unpaired) electrons. The first-order chi connectivity index (χ1) is 16.2. The Bertz CT molecular complexity index is 1050. The van der Waals surface area contributed by atoms with Gasteiger partial charge in [-0.05, 0) is 31.0 Å². The highest BCUT2D eigenvalue weighted by Crippen LogP contribution is 2.23. The Hall–Kier alpha value is -2.59. The van der Waals surface area contributed by atoms with Gasteiger partial charge in [-0.15, -0.1) is 24.0 Å². The van der Waals surface area contributed by atoms with Crippen LogP contribution in [0.4, 0.5) is 0 Å². The van der Waals surface area contributed by atoms with Gasteiger partial charge in [0.05, 0.1) is 32.5 Å². The van der Waals surface area contributed by atoms with Gasteiger partial charge >= 0.3 is 0 Å². The van der Waals surface area contributed by atoms with Crippen LogP contribution in [0.15, 0.2) is 65.9 Å². The van der Waals surface area contributed by atoms with Crippen molar-refractivity contribution >= 4 is 29.9 Å². The molecule has 7 nitrogen and oxygen atoms in total. The van der Waals surface area contributed by atoms with Gasteiger partial charge in [-0.25, -0.2) is 4.99 Å². The molecular weight excluding hydrogens is 541 g/mol. The number of aryl methyl sites for hydroxylation is 1. The normalized spacial score (nSPS) is 15.6. The van der Waals surface area contributed by atoms with E-state index in [1.807, 2.05) is 29.1 Å². The molecule has 2 N–H and O–H groups in total. The molecule has 1 unspecified atom stereocenters. The predicted octanol–water partition coefficient (Wildman–Crippen LogP) is 4.28. The van der Waals surface area contributed by atoms with E-state index in [0.717, 1.165) is 49.0 Å². The van der Waals surface area contributed by atoms with E-state index in [1.54, 1.807) is 0 Å². The molecule has 1 aliphatic rings. The molecule has 34 heavy (non-hydrogen) atoms. The van der Waals surface area contributed by atoms with Crippen LogP contribution in [0.3, 0.4) is 0 Å². The third kappa shape index (κ3) is 7.73. The van der Waals surface area contributed by atoms with Gasteiger partial charge in [0.2, 0.25) is 0 Å². The lowest BCUT2D eigenvalue weighted by Gasteiger charge is -2.18. The number of benzene rings is 2. The van der Waals surface area contributed by atoms with Crippen LogP contribution >= 0.6 is 24.0 Å². The van der Waals surface area contributed by atoms with E-state index in [1.165, 1.54) is 11.1 Å². The van der Waals surface area contributed by atoms with Crippen molar-refractivity contribution in [1.82, 2.24) is 20.4 Å². The first-order valence-electron chi connectivity index (χ1n) is 11.6. The first kappa shape index (κ1) is 26.0. The summed E-state index contributed by atoms with van der Waals surface area (Å²) in [6, 6.07) is 16.7. The van der Waals surface area contributed by atoms with Crippen LogP contribution in [-0.4, -0.2) is 41.6 Å². The Morgan fingerprint density at radius 3 is 2.79 bits per heavy atom. The second-order valence-corrected chi connectivity index (χ2v) is 8.30. The lowest BCUT2D eigenvalue weighted by molar-refractivity contribution is 0.140. The van der Waals surface area contributed by atoms with E-state index in [2.05, 4.69) is 66.1 Å². The van der Waals surface area contributed by atoms with E-state index in [4.69, 9.17) is 14.5 Å². The molecule has 0 amide bonds. The average molecular weight is 575 g/mol. The van der Waals surface area contributed by atoms with Gasteiger partial charge in [-0.3, -0.25) is 4.68 Å². The molecular formula is C26H34IN5O2. The molecule has 0 aliphatic carbocycles. The minimum atomic E-state index is 0. The Morgan fingerprint density at radius 1 is 1.18 bits per heavy atom. The number of nitrogens with zero attached hydrogens (tertiary/aromatic N) is 3. The molecule has 0 bridgehead atoms. The molecule has 1 aromatic heterocycles. The van der Waals surface area contributed by atoms with Crippen molar-refractivity contribution in [1.29, 1.82) is 0 Å². The minimum Gasteiger partial charge on any atom is -0.488 e. The number of ether oxygens (including phenoxy) is 2. The number of nitrogens with one attached hydrogen (secondary N) is 2. The summed E-state index contributed by atoms with van der Waals surface area (Å²) in [6.07, 6.45) is 4.99. The van der Waals surface area contributed by atoms with Crippen molar-refractivity contribution in [3.05, 3.63) is 83.2 Å². The third-order valence-electron chi connectivity index (χ3n) is 5.49. The lowest BCUT2D eigenvalue weighted by Crippen LogP contribution is -2.37.